The molecule has 4 nitrogen and oxygen atoms in total. The Kier molecular flexibility index (Phi) is 3.04. The molecule has 1 aromatic carbocycles. The number of aryl methyl sites for hydroxylation is 2. The van der Waals surface area contributed by atoms with Crippen LogP contribution in [0.25, 0.3) is 0 Å². The van der Waals surface area contributed by atoms with E-state index in [9.17, 15) is 0 Å². The third kappa shape index (κ3) is 2.58. The third-order valence-corrected chi connectivity index (χ3v) is 2.63. The monoisotopic (exact) mass is 231 g/mol. The van der Waals surface area contributed by atoms with E-state index in [1.54, 1.807) is 6.20 Å². The van der Waals surface area contributed by atoms with Gasteiger partial charge in [-0.25, -0.2) is 4.98 Å². The Labute approximate surface area is 101 Å². The molecule has 2 rings (SSSR count). The lowest BCUT2D eigenvalue weighted by molar-refractivity contribution is 0.453. The van der Waals surface area contributed by atoms with Crippen LogP contribution >= 0.6 is 0 Å². The third-order valence-electron chi connectivity index (χ3n) is 2.63. The standard InChI is InChI=1S/C13H17N3O/c1-8-6-11(14)4-5-12(8)16-10(3)13-15-7-9(2)17-13/h4-7,10,16H,14H2,1-3H3. The molecule has 4 heteroatoms. The molecule has 0 fully saturated rings. The molecule has 1 heterocycles. The summed E-state index contributed by atoms with van der Waals surface area (Å²) in [7, 11) is 0. The van der Waals surface area contributed by atoms with E-state index in [-0.39, 0.29) is 6.04 Å². The molecule has 0 radical (unpaired) electrons. The Morgan fingerprint density at radius 1 is 1.35 bits per heavy atom. The molecule has 3 N–H and O–H groups in total. The van der Waals surface area contributed by atoms with Crippen LogP contribution in [0.1, 0.15) is 30.2 Å². The van der Waals surface area contributed by atoms with E-state index in [0.717, 1.165) is 22.7 Å². The number of nitrogen functional groups attached to an aromatic ring is 1. The summed E-state index contributed by atoms with van der Waals surface area (Å²) in [5, 5.41) is 3.36. The minimum absolute atomic E-state index is 0.0334. The summed E-state index contributed by atoms with van der Waals surface area (Å²) in [5.41, 5.74) is 8.64. The first-order valence-electron chi connectivity index (χ1n) is 5.61. The van der Waals surface area contributed by atoms with Gasteiger partial charge in [-0.2, -0.15) is 0 Å². The first-order valence-corrected chi connectivity index (χ1v) is 5.61. The van der Waals surface area contributed by atoms with Gasteiger partial charge in [-0.05, 0) is 44.5 Å². The largest absolute Gasteiger partial charge is 0.444 e. The lowest BCUT2D eigenvalue weighted by Crippen LogP contribution is -2.08. The van der Waals surface area contributed by atoms with Crippen molar-refractivity contribution >= 4 is 11.4 Å². The minimum Gasteiger partial charge on any atom is -0.444 e. The molecule has 0 spiro atoms. The molecule has 0 bridgehead atoms. The Morgan fingerprint density at radius 2 is 2.12 bits per heavy atom. The minimum atomic E-state index is 0.0334. The number of hydrogen-bond acceptors (Lipinski definition) is 4. The van der Waals surface area contributed by atoms with Gasteiger partial charge in [-0.1, -0.05) is 0 Å². The summed E-state index contributed by atoms with van der Waals surface area (Å²) in [6.45, 7) is 5.92. The second-order valence-corrected chi connectivity index (χ2v) is 4.25. The molecule has 0 aliphatic carbocycles. The van der Waals surface area contributed by atoms with Crippen molar-refractivity contribution in [2.24, 2.45) is 0 Å². The first-order chi connectivity index (χ1) is 8.06. The molecular formula is C13H17N3O. The van der Waals surface area contributed by atoms with Gasteiger partial charge in [0.15, 0.2) is 0 Å². The highest BCUT2D eigenvalue weighted by molar-refractivity contribution is 5.57. The van der Waals surface area contributed by atoms with Gasteiger partial charge < -0.3 is 15.5 Å². The van der Waals surface area contributed by atoms with Crippen LogP contribution in [0, 0.1) is 13.8 Å². The first kappa shape index (κ1) is 11.5. The van der Waals surface area contributed by atoms with Crippen LogP contribution in [-0.4, -0.2) is 4.98 Å². The van der Waals surface area contributed by atoms with Gasteiger partial charge in [-0.3, -0.25) is 0 Å². The maximum absolute atomic E-state index is 5.71. The predicted octanol–water partition coefficient (Wildman–Crippen LogP) is 3.05. The Bertz CT molecular complexity index is 519. The van der Waals surface area contributed by atoms with Gasteiger partial charge in [0.1, 0.15) is 11.8 Å². The zero-order valence-corrected chi connectivity index (χ0v) is 10.3. The number of anilines is 2. The highest BCUT2D eigenvalue weighted by Gasteiger charge is 2.11. The molecular weight excluding hydrogens is 214 g/mol. The Hall–Kier alpha value is -1.97. The number of benzene rings is 1. The van der Waals surface area contributed by atoms with Gasteiger partial charge in [0.25, 0.3) is 0 Å². The smallest absolute Gasteiger partial charge is 0.216 e. The second-order valence-electron chi connectivity index (χ2n) is 4.25. The number of nitrogens with zero attached hydrogens (tertiary/aromatic N) is 1. The summed E-state index contributed by atoms with van der Waals surface area (Å²) in [4.78, 5) is 4.21. The van der Waals surface area contributed by atoms with Crippen LogP contribution in [0.4, 0.5) is 11.4 Å². The van der Waals surface area contributed by atoms with Crippen LogP contribution in [0.3, 0.4) is 0 Å². The van der Waals surface area contributed by atoms with Crippen molar-refractivity contribution in [1.29, 1.82) is 0 Å². The number of nitrogens with one attached hydrogen (secondary N) is 1. The lowest BCUT2D eigenvalue weighted by atomic mass is 10.1. The average Bonchev–Trinajstić information content (AvgIpc) is 2.69. The fourth-order valence-electron chi connectivity index (χ4n) is 1.72. The molecule has 1 unspecified atom stereocenters. The summed E-state index contributed by atoms with van der Waals surface area (Å²) in [5.74, 6) is 1.52. The molecule has 1 atom stereocenters. The quantitative estimate of drug-likeness (QED) is 0.797. The van der Waals surface area contributed by atoms with Crippen molar-refractivity contribution in [2.45, 2.75) is 26.8 Å². The fraction of sp³-hybridized carbons (Fsp3) is 0.308. The second kappa shape index (κ2) is 4.49. The van der Waals surface area contributed by atoms with E-state index in [2.05, 4.69) is 10.3 Å². The van der Waals surface area contributed by atoms with Crippen LogP contribution in [-0.2, 0) is 0 Å². The molecule has 2 aromatic rings. The van der Waals surface area contributed by atoms with Gasteiger partial charge in [0, 0.05) is 11.4 Å². The van der Waals surface area contributed by atoms with Crippen molar-refractivity contribution in [2.75, 3.05) is 11.1 Å². The van der Waals surface area contributed by atoms with Gasteiger partial charge in [-0.15, -0.1) is 0 Å². The number of rotatable bonds is 3. The molecule has 17 heavy (non-hydrogen) atoms. The SMILES string of the molecule is Cc1cnc(C(C)Nc2ccc(N)cc2C)o1. The molecule has 0 saturated carbocycles. The van der Waals surface area contributed by atoms with E-state index < -0.39 is 0 Å². The maximum Gasteiger partial charge on any atom is 0.216 e. The molecule has 0 amide bonds. The number of aromatic nitrogens is 1. The van der Waals surface area contributed by atoms with E-state index >= 15 is 0 Å². The highest BCUT2D eigenvalue weighted by atomic mass is 16.4. The lowest BCUT2D eigenvalue weighted by Gasteiger charge is -2.14. The number of oxazole rings is 1. The predicted molar refractivity (Wildman–Crippen MR) is 68.9 cm³/mol. The summed E-state index contributed by atoms with van der Waals surface area (Å²) < 4.78 is 5.48. The summed E-state index contributed by atoms with van der Waals surface area (Å²) in [6, 6.07) is 5.82. The topological polar surface area (TPSA) is 64.1 Å². The van der Waals surface area contributed by atoms with Gasteiger partial charge in [0.2, 0.25) is 5.89 Å². The van der Waals surface area contributed by atoms with Crippen molar-refractivity contribution < 1.29 is 4.42 Å². The van der Waals surface area contributed by atoms with Crippen LogP contribution in [0.15, 0.2) is 28.8 Å². The van der Waals surface area contributed by atoms with Crippen LogP contribution in [0.2, 0.25) is 0 Å². The van der Waals surface area contributed by atoms with Gasteiger partial charge in [0.05, 0.1) is 6.20 Å². The average molecular weight is 231 g/mol. The van der Waals surface area contributed by atoms with E-state index in [1.165, 1.54) is 0 Å². The van der Waals surface area contributed by atoms with Crippen LogP contribution < -0.4 is 11.1 Å². The van der Waals surface area contributed by atoms with E-state index in [4.69, 9.17) is 10.2 Å². The van der Waals surface area contributed by atoms with Gasteiger partial charge >= 0.3 is 0 Å². The van der Waals surface area contributed by atoms with Crippen molar-refractivity contribution in [1.82, 2.24) is 4.98 Å². The summed E-state index contributed by atoms with van der Waals surface area (Å²) >= 11 is 0. The molecule has 0 aliphatic rings. The normalized spacial score (nSPS) is 12.4. The molecule has 0 aliphatic heterocycles. The molecule has 1 aromatic heterocycles. The Morgan fingerprint density at radius 3 is 2.71 bits per heavy atom. The summed E-state index contributed by atoms with van der Waals surface area (Å²) in [6.07, 6.45) is 1.73. The maximum atomic E-state index is 5.71. The van der Waals surface area contributed by atoms with Crippen molar-refractivity contribution in [3.8, 4) is 0 Å². The highest BCUT2D eigenvalue weighted by Crippen LogP contribution is 2.23. The molecule has 90 valence electrons. The molecule has 0 saturated heterocycles. The zero-order valence-electron chi connectivity index (χ0n) is 10.3. The van der Waals surface area contributed by atoms with Crippen molar-refractivity contribution in [3.63, 3.8) is 0 Å². The van der Waals surface area contributed by atoms with Crippen molar-refractivity contribution in [3.05, 3.63) is 41.6 Å². The zero-order chi connectivity index (χ0) is 12.4. The van der Waals surface area contributed by atoms with E-state index in [1.807, 2.05) is 39.0 Å². The Balaban J connectivity index is 2.15. The number of hydrogen-bond donors (Lipinski definition) is 2. The van der Waals surface area contributed by atoms with Crippen LogP contribution in [0.5, 0.6) is 0 Å². The number of nitrogens with two attached hydrogens (primary N) is 1. The van der Waals surface area contributed by atoms with E-state index in [0.29, 0.717) is 5.89 Å². The fourth-order valence-corrected chi connectivity index (χ4v) is 1.72.